The van der Waals surface area contributed by atoms with Gasteiger partial charge in [0.15, 0.2) is 0 Å². The highest BCUT2D eigenvalue weighted by Crippen LogP contribution is 2.17. The van der Waals surface area contributed by atoms with Gasteiger partial charge in [-0.25, -0.2) is 4.79 Å². The molecule has 104 valence electrons. The number of para-hydroxylation sites is 1. The fraction of sp³-hybridized carbons (Fsp3) is 0.188. The maximum absolute atomic E-state index is 11.9. The molecule has 0 aromatic heterocycles. The second kappa shape index (κ2) is 6.73. The number of nitrogens with one attached hydrogen (secondary N) is 1. The van der Waals surface area contributed by atoms with Gasteiger partial charge < -0.3 is 10.5 Å². The first-order chi connectivity index (χ1) is 9.72. The molecule has 0 amide bonds. The van der Waals surface area contributed by atoms with Crippen LogP contribution in [-0.4, -0.2) is 13.1 Å². The van der Waals surface area contributed by atoms with Crippen LogP contribution in [0.25, 0.3) is 0 Å². The summed E-state index contributed by atoms with van der Waals surface area (Å²) in [5.41, 5.74) is 8.43. The van der Waals surface area contributed by atoms with E-state index < -0.39 is 6.04 Å². The standard InChI is InChI=1S/C16H18N2O2/c1-20-16(19)15(12-7-3-2-4-8-12)18-11-13-9-5-6-10-14(13)17/h2-10,15,18H,11,17H2,1H3. The number of methoxy groups -OCH3 is 1. The summed E-state index contributed by atoms with van der Waals surface area (Å²) in [4.78, 5) is 11.9. The fourth-order valence-corrected chi connectivity index (χ4v) is 2.01. The minimum atomic E-state index is -0.499. The van der Waals surface area contributed by atoms with Gasteiger partial charge in [0, 0.05) is 12.2 Å². The average molecular weight is 270 g/mol. The highest BCUT2D eigenvalue weighted by molar-refractivity contribution is 5.77. The number of hydrogen-bond acceptors (Lipinski definition) is 4. The minimum absolute atomic E-state index is 0.314. The maximum atomic E-state index is 11.9. The Bertz CT molecular complexity index is 570. The third-order valence-corrected chi connectivity index (χ3v) is 3.12. The fourth-order valence-electron chi connectivity index (χ4n) is 2.01. The van der Waals surface area contributed by atoms with E-state index in [0.29, 0.717) is 12.2 Å². The molecule has 0 saturated carbocycles. The van der Waals surface area contributed by atoms with E-state index in [2.05, 4.69) is 5.32 Å². The number of ether oxygens (including phenoxy) is 1. The van der Waals surface area contributed by atoms with Gasteiger partial charge in [-0.3, -0.25) is 5.32 Å². The van der Waals surface area contributed by atoms with Gasteiger partial charge in [-0.05, 0) is 17.2 Å². The maximum Gasteiger partial charge on any atom is 0.327 e. The molecule has 1 atom stereocenters. The zero-order valence-corrected chi connectivity index (χ0v) is 11.4. The van der Waals surface area contributed by atoms with Gasteiger partial charge in [-0.2, -0.15) is 0 Å². The minimum Gasteiger partial charge on any atom is -0.468 e. The van der Waals surface area contributed by atoms with Crippen LogP contribution in [0.2, 0.25) is 0 Å². The highest BCUT2D eigenvalue weighted by atomic mass is 16.5. The molecule has 4 nitrogen and oxygen atoms in total. The molecule has 0 aliphatic heterocycles. The lowest BCUT2D eigenvalue weighted by Gasteiger charge is -2.17. The number of carbonyl (C=O) groups excluding carboxylic acids is 1. The summed E-state index contributed by atoms with van der Waals surface area (Å²) in [5, 5.41) is 3.19. The molecule has 0 spiro atoms. The van der Waals surface area contributed by atoms with Gasteiger partial charge >= 0.3 is 5.97 Å². The predicted molar refractivity (Wildman–Crippen MR) is 78.9 cm³/mol. The van der Waals surface area contributed by atoms with Crippen molar-refractivity contribution in [3.63, 3.8) is 0 Å². The topological polar surface area (TPSA) is 64.3 Å². The summed E-state index contributed by atoms with van der Waals surface area (Å²) in [6.07, 6.45) is 0. The highest BCUT2D eigenvalue weighted by Gasteiger charge is 2.20. The lowest BCUT2D eigenvalue weighted by atomic mass is 10.1. The van der Waals surface area contributed by atoms with Crippen LogP contribution in [0.15, 0.2) is 54.6 Å². The van der Waals surface area contributed by atoms with E-state index in [0.717, 1.165) is 11.1 Å². The summed E-state index contributed by atoms with van der Waals surface area (Å²) in [5.74, 6) is -0.314. The van der Waals surface area contributed by atoms with Crippen molar-refractivity contribution in [2.75, 3.05) is 12.8 Å². The molecule has 2 rings (SSSR count). The van der Waals surface area contributed by atoms with Gasteiger partial charge in [-0.15, -0.1) is 0 Å². The van der Waals surface area contributed by atoms with Crippen molar-refractivity contribution in [2.24, 2.45) is 0 Å². The summed E-state index contributed by atoms with van der Waals surface area (Å²) < 4.78 is 4.85. The van der Waals surface area contributed by atoms with Gasteiger partial charge in [0.25, 0.3) is 0 Å². The molecule has 0 aliphatic rings. The van der Waals surface area contributed by atoms with E-state index in [1.165, 1.54) is 7.11 Å². The number of carbonyl (C=O) groups is 1. The third-order valence-electron chi connectivity index (χ3n) is 3.12. The van der Waals surface area contributed by atoms with Crippen molar-refractivity contribution in [3.8, 4) is 0 Å². The van der Waals surface area contributed by atoms with Gasteiger partial charge in [0.05, 0.1) is 7.11 Å². The Morgan fingerprint density at radius 1 is 1.15 bits per heavy atom. The normalized spacial score (nSPS) is 11.8. The van der Waals surface area contributed by atoms with Crippen molar-refractivity contribution in [1.82, 2.24) is 5.32 Å². The molecule has 2 aromatic rings. The van der Waals surface area contributed by atoms with Crippen LogP contribution in [0.3, 0.4) is 0 Å². The van der Waals surface area contributed by atoms with Crippen LogP contribution in [-0.2, 0) is 16.1 Å². The monoisotopic (exact) mass is 270 g/mol. The van der Waals surface area contributed by atoms with Crippen LogP contribution < -0.4 is 11.1 Å². The lowest BCUT2D eigenvalue weighted by Crippen LogP contribution is -2.29. The summed E-state index contributed by atoms with van der Waals surface area (Å²) in [6.45, 7) is 0.501. The lowest BCUT2D eigenvalue weighted by molar-refractivity contribution is -0.143. The first-order valence-electron chi connectivity index (χ1n) is 6.42. The molecule has 0 heterocycles. The van der Waals surface area contributed by atoms with Crippen molar-refractivity contribution in [3.05, 3.63) is 65.7 Å². The Balaban J connectivity index is 2.14. The van der Waals surface area contributed by atoms with Crippen molar-refractivity contribution < 1.29 is 9.53 Å². The van der Waals surface area contributed by atoms with Gasteiger partial charge in [-0.1, -0.05) is 48.5 Å². The van der Waals surface area contributed by atoms with E-state index in [9.17, 15) is 4.79 Å². The molecule has 0 radical (unpaired) electrons. The number of nitrogen functional groups attached to an aromatic ring is 1. The summed E-state index contributed by atoms with van der Waals surface area (Å²) >= 11 is 0. The van der Waals surface area contributed by atoms with E-state index in [4.69, 9.17) is 10.5 Å². The summed E-state index contributed by atoms with van der Waals surface area (Å²) in [7, 11) is 1.39. The number of anilines is 1. The van der Waals surface area contributed by atoms with E-state index >= 15 is 0 Å². The second-order valence-corrected chi connectivity index (χ2v) is 4.45. The van der Waals surface area contributed by atoms with Crippen LogP contribution >= 0.6 is 0 Å². The third kappa shape index (κ3) is 3.36. The summed E-state index contributed by atoms with van der Waals surface area (Å²) in [6, 6.07) is 16.6. The van der Waals surface area contributed by atoms with Gasteiger partial charge in [0.1, 0.15) is 6.04 Å². The number of rotatable bonds is 5. The molecule has 3 N–H and O–H groups in total. The van der Waals surface area contributed by atoms with Crippen molar-refractivity contribution in [1.29, 1.82) is 0 Å². The molecule has 20 heavy (non-hydrogen) atoms. The molecule has 0 bridgehead atoms. The number of benzene rings is 2. The Morgan fingerprint density at radius 2 is 1.80 bits per heavy atom. The SMILES string of the molecule is COC(=O)C(NCc1ccccc1N)c1ccccc1. The molecular formula is C16H18N2O2. The number of nitrogens with two attached hydrogens (primary N) is 1. The zero-order valence-electron chi connectivity index (χ0n) is 11.4. The van der Waals surface area contributed by atoms with Crippen molar-refractivity contribution in [2.45, 2.75) is 12.6 Å². The molecule has 0 fully saturated rings. The Labute approximate surface area is 118 Å². The van der Waals surface area contributed by atoms with E-state index in [1.807, 2.05) is 54.6 Å². The van der Waals surface area contributed by atoms with Crippen LogP contribution in [0, 0.1) is 0 Å². The molecule has 0 saturated heterocycles. The average Bonchev–Trinajstić information content (AvgIpc) is 2.50. The van der Waals surface area contributed by atoms with E-state index in [-0.39, 0.29) is 5.97 Å². The number of hydrogen-bond donors (Lipinski definition) is 2. The zero-order chi connectivity index (χ0) is 14.4. The Kier molecular flexibility index (Phi) is 4.74. The quantitative estimate of drug-likeness (QED) is 0.646. The molecule has 1 unspecified atom stereocenters. The van der Waals surface area contributed by atoms with E-state index in [1.54, 1.807) is 0 Å². The smallest absolute Gasteiger partial charge is 0.327 e. The Morgan fingerprint density at radius 3 is 2.45 bits per heavy atom. The molecule has 4 heteroatoms. The largest absolute Gasteiger partial charge is 0.468 e. The first kappa shape index (κ1) is 14.1. The molecule has 2 aromatic carbocycles. The molecular weight excluding hydrogens is 252 g/mol. The Hall–Kier alpha value is -2.33. The van der Waals surface area contributed by atoms with Crippen LogP contribution in [0.5, 0.6) is 0 Å². The molecule has 0 aliphatic carbocycles. The first-order valence-corrected chi connectivity index (χ1v) is 6.42. The predicted octanol–water partition coefficient (Wildman–Crippen LogP) is 2.27. The number of esters is 1. The van der Waals surface area contributed by atoms with Crippen molar-refractivity contribution >= 4 is 11.7 Å². The second-order valence-electron chi connectivity index (χ2n) is 4.45. The van der Waals surface area contributed by atoms with Crippen LogP contribution in [0.4, 0.5) is 5.69 Å². The van der Waals surface area contributed by atoms with Crippen LogP contribution in [0.1, 0.15) is 17.2 Å². The van der Waals surface area contributed by atoms with Gasteiger partial charge in [0.2, 0.25) is 0 Å².